The van der Waals surface area contributed by atoms with E-state index in [-0.39, 0.29) is 45.7 Å². The fourth-order valence-electron chi connectivity index (χ4n) is 8.04. The van der Waals surface area contributed by atoms with Crippen molar-refractivity contribution in [3.8, 4) is 33.4 Å². The maximum atomic E-state index is 9.48. The zero-order chi connectivity index (χ0) is 40.4. The van der Waals surface area contributed by atoms with Crippen LogP contribution in [0.1, 0.15) is 11.0 Å². The molecule has 1 heterocycles. The Kier molecular flexibility index (Phi) is 4.57. The lowest BCUT2D eigenvalue weighted by atomic mass is 9.85. The number of furan rings is 1. The van der Waals surface area contributed by atoms with Gasteiger partial charge in [-0.1, -0.05) is 158 Å². The van der Waals surface area contributed by atoms with E-state index in [2.05, 4.69) is 30.3 Å². The van der Waals surface area contributed by atoms with Crippen LogP contribution in [0.15, 0.2) is 186 Å². The molecule has 236 valence electrons. The van der Waals surface area contributed by atoms with E-state index in [1.54, 1.807) is 6.07 Å². The second-order valence-electron chi connectivity index (χ2n) is 13.0. The highest BCUT2D eigenvalue weighted by Gasteiger charge is 2.19. The number of benzene rings is 10. The molecule has 51 heavy (non-hydrogen) atoms. The van der Waals surface area contributed by atoms with Gasteiger partial charge in [0.2, 0.25) is 0 Å². The van der Waals surface area contributed by atoms with Gasteiger partial charge in [0.1, 0.15) is 11.2 Å². The average Bonchev–Trinajstić information content (AvgIpc) is 3.66. The monoisotopic (exact) mass is 654 g/mol. The molecule has 11 rings (SSSR count). The molecule has 0 bridgehead atoms. The van der Waals surface area contributed by atoms with E-state index in [0.29, 0.717) is 33.4 Å². The predicted octanol–water partition coefficient (Wildman–Crippen LogP) is 14.4. The normalized spacial score (nSPS) is 14.1. The molecule has 0 saturated heterocycles. The molecule has 0 fully saturated rings. The van der Waals surface area contributed by atoms with Crippen LogP contribution >= 0.6 is 0 Å². The predicted molar refractivity (Wildman–Crippen MR) is 218 cm³/mol. The van der Waals surface area contributed by atoms with Gasteiger partial charge in [-0.05, 0) is 112 Å². The highest BCUT2D eigenvalue weighted by atomic mass is 16.3. The number of rotatable bonds is 3. The Bertz CT molecular complexity index is 3580. The fourth-order valence-corrected chi connectivity index (χ4v) is 8.04. The molecule has 0 N–H and O–H groups in total. The average molecular weight is 655 g/mol. The van der Waals surface area contributed by atoms with Crippen molar-refractivity contribution in [1.82, 2.24) is 0 Å². The molecule has 1 nitrogen and oxygen atoms in total. The Labute approximate surface area is 305 Å². The van der Waals surface area contributed by atoms with E-state index >= 15 is 0 Å². The summed E-state index contributed by atoms with van der Waals surface area (Å²) in [7, 11) is 0. The number of hydrogen-bond acceptors (Lipinski definition) is 1. The molecule has 0 spiro atoms. The Hall–Kier alpha value is -6.70. The molecular formula is C50H30O. The van der Waals surface area contributed by atoms with Crippen molar-refractivity contribution in [1.29, 1.82) is 0 Å². The van der Waals surface area contributed by atoms with Crippen molar-refractivity contribution >= 4 is 75.8 Å². The molecule has 1 heteroatoms. The maximum Gasteiger partial charge on any atom is 0.136 e. The number of hydrogen-bond donors (Lipinski definition) is 0. The molecule has 0 aliphatic carbocycles. The molecule has 10 aromatic carbocycles. The van der Waals surface area contributed by atoms with E-state index in [1.165, 1.54) is 0 Å². The summed E-state index contributed by atoms with van der Waals surface area (Å²) >= 11 is 0. The summed E-state index contributed by atoms with van der Waals surface area (Å²) in [5, 5.41) is 8.72. The van der Waals surface area contributed by atoms with Crippen LogP contribution in [0.25, 0.3) is 109 Å². The van der Waals surface area contributed by atoms with Gasteiger partial charge in [-0.3, -0.25) is 0 Å². The van der Waals surface area contributed by atoms with Gasteiger partial charge < -0.3 is 4.42 Å². The molecule has 0 atom stereocenters. The summed E-state index contributed by atoms with van der Waals surface area (Å²) in [6.45, 7) is 0. The molecule has 0 radical (unpaired) electrons. The lowest BCUT2D eigenvalue weighted by molar-refractivity contribution is 0.669. The number of fused-ring (bicyclic) bond motifs is 10. The van der Waals surface area contributed by atoms with Crippen LogP contribution < -0.4 is 0 Å². The molecule has 1 aromatic heterocycles. The largest absolute Gasteiger partial charge is 0.456 e. The van der Waals surface area contributed by atoms with Crippen LogP contribution in [0, 0.1) is 0 Å². The van der Waals surface area contributed by atoms with E-state index < -0.39 is 24.2 Å². The minimum atomic E-state index is -0.438. The first-order valence-electron chi connectivity index (χ1n) is 20.9. The van der Waals surface area contributed by atoms with E-state index in [0.717, 1.165) is 54.2 Å². The second kappa shape index (κ2) is 10.9. The molecule has 0 saturated carbocycles. The van der Waals surface area contributed by atoms with Gasteiger partial charge in [-0.15, -0.1) is 0 Å². The summed E-state index contributed by atoms with van der Waals surface area (Å²) in [5.41, 5.74) is 4.80. The van der Waals surface area contributed by atoms with Crippen LogP contribution in [-0.2, 0) is 0 Å². The van der Waals surface area contributed by atoms with Gasteiger partial charge in [0.15, 0.2) is 0 Å². The van der Waals surface area contributed by atoms with Crippen molar-refractivity contribution in [2.75, 3.05) is 0 Å². The molecule has 0 amide bonds. The fraction of sp³-hybridized carbons (Fsp3) is 0. The van der Waals surface area contributed by atoms with Crippen LogP contribution in [0.3, 0.4) is 0 Å². The highest BCUT2D eigenvalue weighted by molar-refractivity contribution is 6.24. The minimum absolute atomic E-state index is 0.169. The summed E-state index contributed by atoms with van der Waals surface area (Å²) < 4.78 is 79.8. The van der Waals surface area contributed by atoms with Crippen molar-refractivity contribution < 1.29 is 15.4 Å². The summed E-state index contributed by atoms with van der Waals surface area (Å²) in [4.78, 5) is 0. The first-order chi connectivity index (χ1) is 28.6. The van der Waals surface area contributed by atoms with Crippen LogP contribution in [0.5, 0.6) is 0 Å². The van der Waals surface area contributed by atoms with Crippen molar-refractivity contribution in [3.05, 3.63) is 182 Å². The summed E-state index contributed by atoms with van der Waals surface area (Å²) in [6.07, 6.45) is 0. The Morgan fingerprint density at radius 3 is 1.67 bits per heavy atom. The van der Waals surface area contributed by atoms with E-state index in [4.69, 9.17) is 9.90 Å². The van der Waals surface area contributed by atoms with Crippen molar-refractivity contribution in [2.45, 2.75) is 0 Å². The highest BCUT2D eigenvalue weighted by Crippen LogP contribution is 2.46. The smallest absolute Gasteiger partial charge is 0.136 e. The summed E-state index contributed by atoms with van der Waals surface area (Å²) in [5.74, 6) is 0. The van der Waals surface area contributed by atoms with Gasteiger partial charge in [-0.2, -0.15) is 0 Å². The lowest BCUT2D eigenvalue weighted by Gasteiger charge is -2.18. The molecule has 0 aliphatic heterocycles. The van der Waals surface area contributed by atoms with Gasteiger partial charge in [0, 0.05) is 10.8 Å². The standard InChI is InChI=1S/C50H30O/c1-3-15-36-31(11-1)23-26-40-37(21-10-22-39(36)40)33-13-9-14-34(29-33)48-41-17-5-7-19-43(41)49(44-20-8-6-18-42(44)48)35-25-27-46-45(30-35)50-38-16-4-2-12-32(38)24-28-47(50)51-46/h1-30H/i5D,6D,7D,8D,17D,18D,19D,20D. The lowest BCUT2D eigenvalue weighted by Crippen LogP contribution is -1.91. The van der Waals surface area contributed by atoms with Gasteiger partial charge in [0.25, 0.3) is 0 Å². The molecule has 0 aliphatic rings. The third-order valence-corrected chi connectivity index (χ3v) is 10.3. The van der Waals surface area contributed by atoms with Crippen molar-refractivity contribution in [3.63, 3.8) is 0 Å². The first-order valence-corrected chi connectivity index (χ1v) is 16.9. The van der Waals surface area contributed by atoms with Gasteiger partial charge >= 0.3 is 0 Å². The van der Waals surface area contributed by atoms with E-state index in [9.17, 15) is 5.48 Å². The summed E-state index contributed by atoms with van der Waals surface area (Å²) in [6, 6.07) is 40.8. The van der Waals surface area contributed by atoms with Gasteiger partial charge in [-0.25, -0.2) is 0 Å². The SMILES string of the molecule is [2H]c1c([2H])c([2H])c2c(-c3ccc4oc5ccc6ccccc6c5c4c3)c3c([2H])c([2H])c([2H])c([2H])c3c(-c3cccc(-c4cccc5c4ccc4ccccc45)c3)c2c1[2H]. The maximum absolute atomic E-state index is 9.48. The quantitative estimate of drug-likeness (QED) is 0.136. The van der Waals surface area contributed by atoms with E-state index in [1.807, 2.05) is 97.1 Å². The Balaban J connectivity index is 1.28. The minimum Gasteiger partial charge on any atom is -0.456 e. The second-order valence-corrected chi connectivity index (χ2v) is 13.0. The zero-order valence-corrected chi connectivity index (χ0v) is 27.1. The van der Waals surface area contributed by atoms with Crippen molar-refractivity contribution in [2.24, 2.45) is 0 Å². The zero-order valence-electron chi connectivity index (χ0n) is 35.1. The third-order valence-electron chi connectivity index (χ3n) is 10.3. The third kappa shape index (κ3) is 4.22. The first kappa shape index (κ1) is 21.4. The molecule has 11 aromatic rings. The topological polar surface area (TPSA) is 13.1 Å². The van der Waals surface area contributed by atoms with Crippen LogP contribution in [0.4, 0.5) is 0 Å². The Morgan fingerprint density at radius 1 is 0.353 bits per heavy atom. The Morgan fingerprint density at radius 2 is 0.922 bits per heavy atom. The van der Waals surface area contributed by atoms with Crippen LogP contribution in [-0.4, -0.2) is 0 Å². The van der Waals surface area contributed by atoms with Crippen LogP contribution in [0.2, 0.25) is 0 Å². The van der Waals surface area contributed by atoms with Gasteiger partial charge in [0.05, 0.1) is 11.0 Å². The molecular weight excluding hydrogens is 617 g/mol. The molecule has 0 unspecified atom stereocenters.